The Morgan fingerprint density at radius 1 is 0.935 bits per heavy atom. The van der Waals surface area contributed by atoms with Crippen LogP contribution in [-0.2, 0) is 5.75 Å². The number of hydrogen-bond donors (Lipinski definition) is 1. The molecule has 2 aromatic heterocycles. The van der Waals surface area contributed by atoms with Crippen LogP contribution in [-0.4, -0.2) is 24.7 Å². The minimum absolute atomic E-state index is 0.643. The van der Waals surface area contributed by atoms with E-state index in [0.29, 0.717) is 10.8 Å². The maximum absolute atomic E-state index is 6.10. The Balaban J connectivity index is 1.53. The molecule has 3 aromatic carbocycles. The molecule has 0 aliphatic rings. The fourth-order valence-electron chi connectivity index (χ4n) is 3.47. The van der Waals surface area contributed by atoms with E-state index in [-0.39, 0.29) is 0 Å². The molecule has 0 saturated heterocycles. The van der Waals surface area contributed by atoms with Gasteiger partial charge in [0.1, 0.15) is 5.82 Å². The molecule has 5 aromatic rings. The SMILES string of the molecule is Cc1ccc(-n2c(SCc3nc4ccc(Cl)cc4[nH]3)nnc2-c2ccccc2)cc1C. The van der Waals surface area contributed by atoms with Crippen molar-refractivity contribution in [2.75, 3.05) is 0 Å². The molecule has 31 heavy (non-hydrogen) atoms. The van der Waals surface area contributed by atoms with Gasteiger partial charge in [-0.2, -0.15) is 0 Å². The van der Waals surface area contributed by atoms with E-state index in [9.17, 15) is 0 Å². The van der Waals surface area contributed by atoms with Gasteiger partial charge in [0.2, 0.25) is 0 Å². The lowest BCUT2D eigenvalue weighted by Crippen LogP contribution is -2.01. The quantitative estimate of drug-likeness (QED) is 0.319. The van der Waals surface area contributed by atoms with E-state index >= 15 is 0 Å². The number of thioether (sulfide) groups is 1. The van der Waals surface area contributed by atoms with Crippen LogP contribution in [0.2, 0.25) is 5.02 Å². The van der Waals surface area contributed by atoms with E-state index < -0.39 is 0 Å². The van der Waals surface area contributed by atoms with E-state index in [4.69, 9.17) is 11.6 Å². The van der Waals surface area contributed by atoms with Crippen molar-refractivity contribution in [1.82, 2.24) is 24.7 Å². The summed E-state index contributed by atoms with van der Waals surface area (Å²) in [7, 11) is 0. The number of halogens is 1. The molecule has 7 heteroatoms. The predicted molar refractivity (Wildman–Crippen MR) is 127 cm³/mol. The van der Waals surface area contributed by atoms with Gasteiger partial charge in [-0.25, -0.2) is 4.98 Å². The molecule has 0 saturated carbocycles. The number of nitrogens with zero attached hydrogens (tertiary/aromatic N) is 4. The maximum atomic E-state index is 6.10. The lowest BCUT2D eigenvalue weighted by atomic mass is 10.1. The van der Waals surface area contributed by atoms with Gasteiger partial charge >= 0.3 is 0 Å². The average Bonchev–Trinajstić information content (AvgIpc) is 3.38. The lowest BCUT2D eigenvalue weighted by Gasteiger charge is -2.12. The van der Waals surface area contributed by atoms with Crippen LogP contribution < -0.4 is 0 Å². The number of H-pyrrole nitrogens is 1. The summed E-state index contributed by atoms with van der Waals surface area (Å²) in [5, 5.41) is 10.6. The highest BCUT2D eigenvalue weighted by atomic mass is 35.5. The van der Waals surface area contributed by atoms with Gasteiger partial charge < -0.3 is 4.98 Å². The highest BCUT2D eigenvalue weighted by Gasteiger charge is 2.17. The molecule has 2 heterocycles. The van der Waals surface area contributed by atoms with Crippen molar-refractivity contribution in [1.29, 1.82) is 0 Å². The summed E-state index contributed by atoms with van der Waals surface area (Å²) in [6.07, 6.45) is 0. The smallest absolute Gasteiger partial charge is 0.196 e. The minimum atomic E-state index is 0.643. The van der Waals surface area contributed by atoms with Gasteiger partial charge in [0, 0.05) is 10.6 Å². The number of hydrogen-bond acceptors (Lipinski definition) is 4. The third-order valence-corrected chi connectivity index (χ3v) is 6.42. The van der Waals surface area contributed by atoms with Crippen LogP contribution >= 0.6 is 23.4 Å². The molecular formula is C24H20ClN5S. The van der Waals surface area contributed by atoms with Gasteiger partial charge in [-0.1, -0.05) is 59.8 Å². The third kappa shape index (κ3) is 3.96. The fourth-order valence-corrected chi connectivity index (χ4v) is 4.47. The summed E-state index contributed by atoms with van der Waals surface area (Å²) in [6.45, 7) is 4.24. The normalized spacial score (nSPS) is 11.3. The standard InChI is InChI=1S/C24H20ClN5S/c1-15-8-10-19(12-16(15)2)30-23(17-6-4-3-5-7-17)28-29-24(30)31-14-22-26-20-11-9-18(25)13-21(20)27-22/h3-13H,14H2,1-2H3,(H,26,27). The van der Waals surface area contributed by atoms with Crippen LogP contribution in [0.5, 0.6) is 0 Å². The largest absolute Gasteiger partial charge is 0.341 e. The zero-order valence-electron chi connectivity index (χ0n) is 17.1. The van der Waals surface area contributed by atoms with Crippen LogP contribution in [0.4, 0.5) is 0 Å². The van der Waals surface area contributed by atoms with Crippen molar-refractivity contribution in [3.8, 4) is 17.1 Å². The van der Waals surface area contributed by atoms with Gasteiger partial charge in [-0.15, -0.1) is 10.2 Å². The zero-order valence-corrected chi connectivity index (χ0v) is 18.7. The predicted octanol–water partition coefficient (Wildman–Crippen LogP) is 6.37. The molecule has 0 atom stereocenters. The lowest BCUT2D eigenvalue weighted by molar-refractivity contribution is 0.883. The third-order valence-electron chi connectivity index (χ3n) is 5.24. The minimum Gasteiger partial charge on any atom is -0.341 e. The molecule has 0 bridgehead atoms. The molecule has 0 unspecified atom stereocenters. The topological polar surface area (TPSA) is 59.4 Å². The van der Waals surface area contributed by atoms with E-state index in [0.717, 1.165) is 39.1 Å². The number of benzene rings is 3. The second kappa shape index (κ2) is 8.21. The van der Waals surface area contributed by atoms with E-state index in [2.05, 4.69) is 68.9 Å². The van der Waals surface area contributed by atoms with Crippen molar-refractivity contribution in [3.63, 3.8) is 0 Å². The van der Waals surface area contributed by atoms with Crippen molar-refractivity contribution >= 4 is 34.4 Å². The monoisotopic (exact) mass is 445 g/mol. The first-order valence-corrected chi connectivity index (χ1v) is 11.3. The highest BCUT2D eigenvalue weighted by Crippen LogP contribution is 2.30. The van der Waals surface area contributed by atoms with E-state index in [1.54, 1.807) is 11.8 Å². The summed E-state index contributed by atoms with van der Waals surface area (Å²) in [4.78, 5) is 8.02. The summed E-state index contributed by atoms with van der Waals surface area (Å²) < 4.78 is 2.12. The van der Waals surface area contributed by atoms with Crippen LogP contribution in [0.1, 0.15) is 17.0 Å². The van der Waals surface area contributed by atoms with Crippen LogP contribution in [0, 0.1) is 13.8 Å². The fraction of sp³-hybridized carbons (Fsp3) is 0.125. The van der Waals surface area contributed by atoms with E-state index in [1.165, 1.54) is 11.1 Å². The first-order valence-electron chi connectivity index (χ1n) is 9.94. The van der Waals surface area contributed by atoms with Crippen molar-refractivity contribution in [3.05, 3.63) is 88.7 Å². The van der Waals surface area contributed by atoms with Gasteiger partial charge in [0.05, 0.1) is 22.5 Å². The maximum Gasteiger partial charge on any atom is 0.196 e. The first-order chi connectivity index (χ1) is 15.1. The molecule has 0 aliphatic carbocycles. The molecule has 0 amide bonds. The molecule has 0 spiro atoms. The molecule has 5 nitrogen and oxygen atoms in total. The van der Waals surface area contributed by atoms with Crippen LogP contribution in [0.3, 0.4) is 0 Å². The summed E-state index contributed by atoms with van der Waals surface area (Å²) in [5.74, 6) is 2.34. The number of aromatic nitrogens is 5. The molecule has 0 aliphatic heterocycles. The Morgan fingerprint density at radius 3 is 2.58 bits per heavy atom. The van der Waals surface area contributed by atoms with Crippen molar-refractivity contribution in [2.24, 2.45) is 0 Å². The second-order valence-electron chi connectivity index (χ2n) is 7.41. The molecule has 0 fully saturated rings. The number of imidazole rings is 1. The number of fused-ring (bicyclic) bond motifs is 1. The first kappa shape index (κ1) is 19.8. The van der Waals surface area contributed by atoms with Gasteiger partial charge in [-0.3, -0.25) is 4.57 Å². The number of rotatable bonds is 5. The highest BCUT2D eigenvalue weighted by molar-refractivity contribution is 7.98. The molecule has 154 valence electrons. The summed E-state index contributed by atoms with van der Waals surface area (Å²) in [6, 6.07) is 22.2. The molecule has 5 rings (SSSR count). The Kier molecular flexibility index (Phi) is 5.26. The number of aryl methyl sites for hydroxylation is 2. The second-order valence-corrected chi connectivity index (χ2v) is 8.79. The van der Waals surface area contributed by atoms with Crippen molar-refractivity contribution in [2.45, 2.75) is 24.8 Å². The Bertz CT molecular complexity index is 1370. The van der Waals surface area contributed by atoms with Gasteiger partial charge in [0.15, 0.2) is 11.0 Å². The van der Waals surface area contributed by atoms with E-state index in [1.807, 2.05) is 36.4 Å². The van der Waals surface area contributed by atoms with Crippen LogP contribution in [0.15, 0.2) is 71.9 Å². The molecule has 1 N–H and O–H groups in total. The summed E-state index contributed by atoms with van der Waals surface area (Å²) in [5.41, 5.74) is 6.40. The Morgan fingerprint density at radius 2 is 1.77 bits per heavy atom. The Labute approximate surface area is 189 Å². The number of aromatic amines is 1. The molecular weight excluding hydrogens is 426 g/mol. The summed E-state index contributed by atoms with van der Waals surface area (Å²) >= 11 is 7.70. The van der Waals surface area contributed by atoms with Crippen molar-refractivity contribution < 1.29 is 0 Å². The Hall–Kier alpha value is -3.09. The van der Waals surface area contributed by atoms with Gasteiger partial charge in [0.25, 0.3) is 0 Å². The van der Waals surface area contributed by atoms with Crippen LogP contribution in [0.25, 0.3) is 28.1 Å². The number of nitrogens with one attached hydrogen (secondary N) is 1. The molecule has 0 radical (unpaired) electrons. The zero-order chi connectivity index (χ0) is 21.4. The average molecular weight is 446 g/mol. The van der Waals surface area contributed by atoms with Gasteiger partial charge in [-0.05, 0) is 55.3 Å².